The monoisotopic (exact) mass is 506 g/mol. The van der Waals surface area contributed by atoms with Crippen LogP contribution in [-0.4, -0.2) is 67.1 Å². The Morgan fingerprint density at radius 1 is 1.00 bits per heavy atom. The van der Waals surface area contributed by atoms with Gasteiger partial charge in [-0.1, -0.05) is 48.5 Å². The lowest BCUT2D eigenvalue weighted by atomic mass is 9.72. The van der Waals surface area contributed by atoms with Crippen molar-refractivity contribution in [2.45, 2.75) is 43.8 Å². The van der Waals surface area contributed by atoms with Crippen molar-refractivity contribution in [3.63, 3.8) is 0 Å². The van der Waals surface area contributed by atoms with Crippen LogP contribution in [0.4, 0.5) is 0 Å². The van der Waals surface area contributed by atoms with Gasteiger partial charge in [0, 0.05) is 63.8 Å². The standard InChI is InChI=1S/C27H34N2O3.2ClH/c1-2-31-25(21-9-4-3-5-10-21)19-28-15-17-29(18-16-28)20-27-23(12-8-14-26(27)30)22-11-6-7-13-24(22)32-27;;/h3-7,9-11,13,23,25H,2,8,12,14-20H2,1H3;2*1H. The summed E-state index contributed by atoms with van der Waals surface area (Å²) in [7, 11) is 0. The smallest absolute Gasteiger partial charge is 0.186 e. The lowest BCUT2D eigenvalue weighted by Crippen LogP contribution is -2.59. The second-order valence-corrected chi connectivity index (χ2v) is 9.33. The van der Waals surface area contributed by atoms with Crippen LogP contribution in [0.1, 0.15) is 49.3 Å². The van der Waals surface area contributed by atoms with Crippen LogP contribution >= 0.6 is 24.8 Å². The molecular formula is C27H36Cl2N2O3. The Kier molecular flexibility index (Phi) is 9.41. The first-order valence-corrected chi connectivity index (χ1v) is 12.1. The predicted octanol–water partition coefficient (Wildman–Crippen LogP) is 4.89. The molecule has 0 spiro atoms. The van der Waals surface area contributed by atoms with Gasteiger partial charge in [-0.05, 0) is 31.4 Å². The minimum absolute atomic E-state index is 0. The number of ketones is 1. The average molecular weight is 508 g/mol. The first-order valence-electron chi connectivity index (χ1n) is 12.1. The van der Waals surface area contributed by atoms with Gasteiger partial charge < -0.3 is 9.47 Å². The minimum Gasteiger partial charge on any atom is -0.477 e. The van der Waals surface area contributed by atoms with Crippen molar-refractivity contribution in [2.24, 2.45) is 0 Å². The van der Waals surface area contributed by atoms with E-state index in [0.29, 0.717) is 19.6 Å². The average Bonchev–Trinajstić information content (AvgIpc) is 3.16. The number of halogens is 2. The van der Waals surface area contributed by atoms with Crippen molar-refractivity contribution in [1.29, 1.82) is 0 Å². The highest BCUT2D eigenvalue weighted by atomic mass is 35.5. The number of benzene rings is 2. The van der Waals surface area contributed by atoms with Crippen LogP contribution in [0, 0.1) is 0 Å². The number of Topliss-reactive ketones (excluding diaryl/α,β-unsaturated/α-hetero) is 1. The van der Waals surface area contributed by atoms with E-state index in [-0.39, 0.29) is 42.6 Å². The highest BCUT2D eigenvalue weighted by Crippen LogP contribution is 2.51. The summed E-state index contributed by atoms with van der Waals surface area (Å²) in [6.07, 6.45) is 2.74. The van der Waals surface area contributed by atoms with Gasteiger partial charge in [0.1, 0.15) is 5.75 Å². The maximum Gasteiger partial charge on any atom is 0.186 e. The Balaban J connectivity index is 0.00000162. The molecule has 2 aromatic carbocycles. The zero-order valence-corrected chi connectivity index (χ0v) is 21.5. The van der Waals surface area contributed by atoms with Gasteiger partial charge in [-0.3, -0.25) is 14.6 Å². The van der Waals surface area contributed by atoms with Gasteiger partial charge >= 0.3 is 0 Å². The maximum absolute atomic E-state index is 13.2. The Labute approximate surface area is 215 Å². The molecule has 5 rings (SSSR count). The van der Waals surface area contributed by atoms with Gasteiger partial charge in [0.25, 0.3) is 0 Å². The molecule has 3 unspecified atom stereocenters. The zero-order valence-electron chi connectivity index (χ0n) is 19.9. The molecule has 186 valence electrons. The van der Waals surface area contributed by atoms with E-state index in [1.165, 1.54) is 11.1 Å². The molecule has 3 atom stereocenters. The number of fused-ring (bicyclic) bond motifs is 3. The van der Waals surface area contributed by atoms with Crippen molar-refractivity contribution in [3.05, 3.63) is 65.7 Å². The summed E-state index contributed by atoms with van der Waals surface area (Å²) in [5.74, 6) is 1.39. The fourth-order valence-electron chi connectivity index (χ4n) is 5.75. The van der Waals surface area contributed by atoms with Crippen LogP contribution in [0.3, 0.4) is 0 Å². The molecule has 0 N–H and O–H groups in total. The Morgan fingerprint density at radius 3 is 2.41 bits per heavy atom. The molecule has 1 aliphatic carbocycles. The van der Waals surface area contributed by atoms with Crippen molar-refractivity contribution >= 4 is 30.6 Å². The van der Waals surface area contributed by atoms with Crippen molar-refractivity contribution in [3.8, 4) is 5.75 Å². The number of carbonyl (C=O) groups excluding carboxylic acids is 1. The predicted molar refractivity (Wildman–Crippen MR) is 140 cm³/mol. The number of nitrogens with zero attached hydrogens (tertiary/aromatic N) is 2. The topological polar surface area (TPSA) is 42.0 Å². The molecule has 2 aromatic rings. The number of rotatable bonds is 7. The van der Waals surface area contributed by atoms with Gasteiger partial charge in [-0.2, -0.15) is 0 Å². The van der Waals surface area contributed by atoms with E-state index in [1.807, 2.05) is 18.2 Å². The molecule has 2 fully saturated rings. The third-order valence-electron chi connectivity index (χ3n) is 7.40. The van der Waals surface area contributed by atoms with Crippen LogP contribution in [-0.2, 0) is 9.53 Å². The SMILES string of the molecule is CCOC(CN1CCN(CC23Oc4ccccc4C2CCCC3=O)CC1)c1ccccc1.Cl.Cl. The third kappa shape index (κ3) is 5.29. The number of ether oxygens (including phenoxy) is 2. The van der Waals surface area contributed by atoms with Crippen LogP contribution in [0.2, 0.25) is 0 Å². The molecule has 3 aliphatic rings. The van der Waals surface area contributed by atoms with Crippen LogP contribution < -0.4 is 4.74 Å². The highest BCUT2D eigenvalue weighted by molar-refractivity contribution is 5.91. The fraction of sp³-hybridized carbons (Fsp3) is 0.519. The second-order valence-electron chi connectivity index (χ2n) is 9.33. The quantitative estimate of drug-likeness (QED) is 0.534. The molecule has 1 saturated carbocycles. The minimum atomic E-state index is -0.692. The summed E-state index contributed by atoms with van der Waals surface area (Å²) in [5, 5.41) is 0. The fourth-order valence-corrected chi connectivity index (χ4v) is 5.75. The molecule has 2 aliphatic heterocycles. The molecule has 7 heteroatoms. The molecule has 0 aromatic heterocycles. The molecular weight excluding hydrogens is 471 g/mol. The van der Waals surface area contributed by atoms with Crippen molar-refractivity contribution in [1.82, 2.24) is 9.80 Å². The number of para-hydroxylation sites is 1. The summed E-state index contributed by atoms with van der Waals surface area (Å²) >= 11 is 0. The summed E-state index contributed by atoms with van der Waals surface area (Å²) < 4.78 is 12.5. The Morgan fingerprint density at radius 2 is 1.68 bits per heavy atom. The van der Waals surface area contributed by atoms with Crippen molar-refractivity contribution < 1.29 is 14.3 Å². The summed E-state index contributed by atoms with van der Waals surface area (Å²) in [6.45, 7) is 8.25. The number of piperazine rings is 1. The summed E-state index contributed by atoms with van der Waals surface area (Å²) in [5.41, 5.74) is 1.77. The van der Waals surface area contributed by atoms with E-state index in [2.05, 4.69) is 53.1 Å². The van der Waals surface area contributed by atoms with E-state index >= 15 is 0 Å². The number of hydrogen-bond donors (Lipinski definition) is 0. The van der Waals surface area contributed by atoms with Crippen LogP contribution in [0.15, 0.2) is 54.6 Å². The van der Waals surface area contributed by atoms with E-state index < -0.39 is 5.60 Å². The van der Waals surface area contributed by atoms with Gasteiger partial charge in [0.15, 0.2) is 11.4 Å². The number of hydrogen-bond acceptors (Lipinski definition) is 5. The van der Waals surface area contributed by atoms with Crippen molar-refractivity contribution in [2.75, 3.05) is 45.9 Å². The van der Waals surface area contributed by atoms with Gasteiger partial charge in [-0.25, -0.2) is 0 Å². The third-order valence-corrected chi connectivity index (χ3v) is 7.40. The summed E-state index contributed by atoms with van der Waals surface area (Å²) in [6, 6.07) is 18.8. The normalized spacial score (nSPS) is 25.3. The van der Waals surface area contributed by atoms with Crippen LogP contribution in [0.25, 0.3) is 0 Å². The lowest BCUT2D eigenvalue weighted by molar-refractivity contribution is -0.140. The Hall–Kier alpha value is -1.63. The van der Waals surface area contributed by atoms with Gasteiger partial charge in [-0.15, -0.1) is 24.8 Å². The molecule has 5 nitrogen and oxygen atoms in total. The summed E-state index contributed by atoms with van der Waals surface area (Å²) in [4.78, 5) is 18.1. The van der Waals surface area contributed by atoms with Crippen LogP contribution in [0.5, 0.6) is 5.75 Å². The molecule has 2 heterocycles. The molecule has 34 heavy (non-hydrogen) atoms. The Bertz CT molecular complexity index is 936. The number of carbonyl (C=O) groups is 1. The molecule has 0 bridgehead atoms. The molecule has 0 radical (unpaired) electrons. The van der Waals surface area contributed by atoms with E-state index in [0.717, 1.165) is 51.3 Å². The first kappa shape index (κ1) is 27.0. The van der Waals surface area contributed by atoms with Gasteiger partial charge in [0.05, 0.1) is 6.10 Å². The van der Waals surface area contributed by atoms with Gasteiger partial charge in [0.2, 0.25) is 0 Å². The zero-order chi connectivity index (χ0) is 22.0. The highest BCUT2D eigenvalue weighted by Gasteiger charge is 2.55. The van der Waals surface area contributed by atoms with E-state index in [1.54, 1.807) is 0 Å². The first-order chi connectivity index (χ1) is 15.7. The lowest BCUT2D eigenvalue weighted by Gasteiger charge is -2.43. The molecule has 1 saturated heterocycles. The van der Waals surface area contributed by atoms with E-state index in [9.17, 15) is 4.79 Å². The maximum atomic E-state index is 13.2. The molecule has 0 amide bonds. The van der Waals surface area contributed by atoms with E-state index in [4.69, 9.17) is 9.47 Å². The largest absolute Gasteiger partial charge is 0.477 e. The second kappa shape index (κ2) is 11.9.